The quantitative estimate of drug-likeness (QED) is 0.293. The lowest BCUT2D eigenvalue weighted by molar-refractivity contribution is -0.145. The van der Waals surface area contributed by atoms with Gasteiger partial charge in [-0.1, -0.05) is 50.1 Å². The van der Waals surface area contributed by atoms with E-state index in [4.69, 9.17) is 4.74 Å². The fourth-order valence-electron chi connectivity index (χ4n) is 3.46. The monoisotopic (exact) mass is 371 g/mol. The summed E-state index contributed by atoms with van der Waals surface area (Å²) in [6, 6.07) is 11.3. The van der Waals surface area contributed by atoms with E-state index in [1.807, 2.05) is 47.2 Å². The lowest BCUT2D eigenvalue weighted by atomic mass is 10.1. The molecule has 2 aromatic rings. The minimum absolute atomic E-state index is 0.0122. The number of aromatic nitrogens is 1. The third-order valence-electron chi connectivity index (χ3n) is 4.84. The maximum absolute atomic E-state index is 13.0. The molecule has 1 aliphatic rings. The van der Waals surface area contributed by atoms with Crippen molar-refractivity contribution in [1.29, 1.82) is 0 Å². The van der Waals surface area contributed by atoms with Crippen molar-refractivity contribution in [3.8, 4) is 0 Å². The van der Waals surface area contributed by atoms with E-state index in [-0.39, 0.29) is 17.7 Å². The first-order valence-corrected chi connectivity index (χ1v) is 10.4. The van der Waals surface area contributed by atoms with Crippen molar-refractivity contribution in [1.82, 2.24) is 4.57 Å². The van der Waals surface area contributed by atoms with Crippen LogP contribution in [0.15, 0.2) is 41.3 Å². The normalized spacial score (nSPS) is 15.7. The number of carbonyl (C=O) groups excluding carboxylic acids is 2. The fraction of sp³-hybridized carbons (Fsp3) is 0.429. The number of unbranched alkanes of at least 4 members (excludes halogenated alkanes) is 2. The van der Waals surface area contributed by atoms with E-state index >= 15 is 0 Å². The van der Waals surface area contributed by atoms with Gasteiger partial charge in [0.05, 0.1) is 12.5 Å². The Hall–Kier alpha value is -2.01. The Morgan fingerprint density at radius 2 is 2.00 bits per heavy atom. The molecule has 0 N–H and O–H groups in total. The van der Waals surface area contributed by atoms with Crippen LogP contribution in [0.3, 0.4) is 0 Å². The van der Waals surface area contributed by atoms with Crippen molar-refractivity contribution in [2.45, 2.75) is 50.0 Å². The molecule has 0 radical (unpaired) electrons. The summed E-state index contributed by atoms with van der Waals surface area (Å²) in [6.45, 7) is 3.29. The molecule has 1 unspecified atom stereocenters. The summed E-state index contributed by atoms with van der Waals surface area (Å²) in [4.78, 5) is 26.4. The van der Waals surface area contributed by atoms with E-state index < -0.39 is 0 Å². The lowest BCUT2D eigenvalue weighted by Gasteiger charge is -2.09. The molecule has 1 aliphatic heterocycles. The second-order valence-corrected chi connectivity index (χ2v) is 7.40. The minimum atomic E-state index is -0.264. The van der Waals surface area contributed by atoms with Gasteiger partial charge in [0.15, 0.2) is 0 Å². The molecule has 1 aromatic carbocycles. The van der Waals surface area contributed by atoms with Gasteiger partial charge in [-0.3, -0.25) is 9.59 Å². The molecule has 0 bridgehead atoms. The van der Waals surface area contributed by atoms with Gasteiger partial charge in [-0.25, -0.2) is 0 Å². The Labute approximate surface area is 158 Å². The Balaban J connectivity index is 1.83. The lowest BCUT2D eigenvalue weighted by Crippen LogP contribution is -2.14. The number of esters is 1. The van der Waals surface area contributed by atoms with Gasteiger partial charge in [0, 0.05) is 22.7 Å². The molecule has 0 saturated heterocycles. The number of carbonyl (C=O) groups is 2. The van der Waals surface area contributed by atoms with E-state index in [9.17, 15) is 9.59 Å². The highest BCUT2D eigenvalue weighted by Crippen LogP contribution is 2.37. The molecule has 0 aliphatic carbocycles. The number of fused-ring (bicyclic) bond motifs is 1. The first-order valence-electron chi connectivity index (χ1n) is 9.21. The molecule has 2 heterocycles. The molecule has 0 saturated carbocycles. The predicted molar refractivity (Wildman–Crippen MR) is 104 cm³/mol. The first kappa shape index (κ1) is 18.8. The smallest absolute Gasteiger partial charge is 0.315 e. The van der Waals surface area contributed by atoms with Crippen molar-refractivity contribution in [3.63, 3.8) is 0 Å². The molecule has 138 valence electrons. The number of hydrogen-bond acceptors (Lipinski definition) is 4. The number of ketones is 1. The van der Waals surface area contributed by atoms with Crippen LogP contribution in [0.4, 0.5) is 0 Å². The number of thioether (sulfide) groups is 1. The highest BCUT2D eigenvalue weighted by Gasteiger charge is 2.35. The number of nitrogens with zero attached hydrogens (tertiary/aromatic N) is 1. The molecule has 1 atom stereocenters. The number of hydrogen-bond donors (Lipinski definition) is 0. The summed E-state index contributed by atoms with van der Waals surface area (Å²) in [7, 11) is 0. The first-order chi connectivity index (χ1) is 12.7. The number of rotatable bonds is 8. The molecule has 0 fully saturated rings. The molecular weight excluding hydrogens is 346 g/mol. The van der Waals surface area contributed by atoms with Crippen molar-refractivity contribution in [2.24, 2.45) is 0 Å². The van der Waals surface area contributed by atoms with Gasteiger partial charge < -0.3 is 9.30 Å². The van der Waals surface area contributed by atoms with Crippen molar-refractivity contribution < 1.29 is 14.3 Å². The Bertz CT molecular complexity index is 782. The summed E-state index contributed by atoms with van der Waals surface area (Å²) in [5, 5.41) is 0. The van der Waals surface area contributed by atoms with Crippen molar-refractivity contribution in [2.75, 3.05) is 12.9 Å². The van der Waals surface area contributed by atoms with E-state index in [0.717, 1.165) is 29.9 Å². The Morgan fingerprint density at radius 1 is 1.23 bits per heavy atom. The van der Waals surface area contributed by atoms with Crippen LogP contribution in [0.25, 0.3) is 0 Å². The SMILES string of the molecule is CCCCCOC(=O)C1CCn2c1cc(SC)c2C(=O)c1ccccc1. The van der Waals surface area contributed by atoms with Gasteiger partial charge in [-0.15, -0.1) is 11.8 Å². The molecular formula is C21H25NO3S. The van der Waals surface area contributed by atoms with Crippen LogP contribution < -0.4 is 0 Å². The molecule has 0 amide bonds. The van der Waals surface area contributed by atoms with Gasteiger partial charge in [-0.05, 0) is 25.2 Å². The van der Waals surface area contributed by atoms with Gasteiger partial charge in [-0.2, -0.15) is 0 Å². The average molecular weight is 372 g/mol. The van der Waals surface area contributed by atoms with Gasteiger partial charge >= 0.3 is 5.97 Å². The zero-order valence-electron chi connectivity index (χ0n) is 15.4. The summed E-state index contributed by atoms with van der Waals surface area (Å²) < 4.78 is 7.48. The molecule has 3 rings (SSSR count). The summed E-state index contributed by atoms with van der Waals surface area (Å²) in [5.74, 6) is -0.415. The standard InChI is InChI=1S/C21H25NO3S/c1-3-4-8-13-25-21(24)16-11-12-22-17(16)14-18(26-2)19(22)20(23)15-9-6-5-7-10-15/h5-7,9-10,14,16H,3-4,8,11-13H2,1-2H3. The van der Waals surface area contributed by atoms with Gasteiger partial charge in [0.25, 0.3) is 0 Å². The predicted octanol–water partition coefficient (Wildman–Crippen LogP) is 4.66. The summed E-state index contributed by atoms with van der Waals surface area (Å²) >= 11 is 1.55. The van der Waals surface area contributed by atoms with Crippen LogP contribution in [0.2, 0.25) is 0 Å². The molecule has 1 aromatic heterocycles. The topological polar surface area (TPSA) is 48.3 Å². The zero-order chi connectivity index (χ0) is 18.5. The van der Waals surface area contributed by atoms with Crippen LogP contribution >= 0.6 is 11.8 Å². The summed E-state index contributed by atoms with van der Waals surface area (Å²) in [6.07, 6.45) is 5.74. The largest absolute Gasteiger partial charge is 0.465 e. The second kappa shape index (κ2) is 8.58. The van der Waals surface area contributed by atoms with Crippen LogP contribution in [0.5, 0.6) is 0 Å². The van der Waals surface area contributed by atoms with Gasteiger partial charge in [0.1, 0.15) is 5.69 Å². The third-order valence-corrected chi connectivity index (χ3v) is 5.59. The van der Waals surface area contributed by atoms with E-state index in [2.05, 4.69) is 6.92 Å². The van der Waals surface area contributed by atoms with Crippen LogP contribution in [-0.4, -0.2) is 29.2 Å². The van der Waals surface area contributed by atoms with Gasteiger partial charge in [0.2, 0.25) is 5.78 Å². The zero-order valence-corrected chi connectivity index (χ0v) is 16.2. The Morgan fingerprint density at radius 3 is 2.69 bits per heavy atom. The van der Waals surface area contributed by atoms with E-state index in [1.165, 1.54) is 0 Å². The molecule has 0 spiro atoms. The number of benzene rings is 1. The maximum Gasteiger partial charge on any atom is 0.315 e. The van der Waals surface area contributed by atoms with E-state index in [0.29, 0.717) is 30.8 Å². The highest BCUT2D eigenvalue weighted by atomic mass is 32.2. The van der Waals surface area contributed by atoms with Crippen LogP contribution in [-0.2, 0) is 16.1 Å². The summed E-state index contributed by atoms with van der Waals surface area (Å²) in [5.41, 5.74) is 2.28. The van der Waals surface area contributed by atoms with Crippen molar-refractivity contribution >= 4 is 23.5 Å². The number of ether oxygens (including phenoxy) is 1. The van der Waals surface area contributed by atoms with Crippen LogP contribution in [0, 0.1) is 0 Å². The Kier molecular flexibility index (Phi) is 6.20. The molecule has 4 nitrogen and oxygen atoms in total. The third kappa shape index (κ3) is 3.73. The molecule has 5 heteroatoms. The van der Waals surface area contributed by atoms with E-state index in [1.54, 1.807) is 11.8 Å². The van der Waals surface area contributed by atoms with Crippen molar-refractivity contribution in [3.05, 3.63) is 53.3 Å². The average Bonchev–Trinajstić information content (AvgIpc) is 3.23. The fourth-order valence-corrected chi connectivity index (χ4v) is 4.09. The highest BCUT2D eigenvalue weighted by molar-refractivity contribution is 7.98. The minimum Gasteiger partial charge on any atom is -0.465 e. The molecule has 26 heavy (non-hydrogen) atoms. The second-order valence-electron chi connectivity index (χ2n) is 6.55. The maximum atomic E-state index is 13.0. The van der Waals surface area contributed by atoms with Crippen LogP contribution in [0.1, 0.15) is 60.3 Å².